The molecule has 0 radical (unpaired) electrons. The summed E-state index contributed by atoms with van der Waals surface area (Å²) in [6.07, 6.45) is -0.203. The van der Waals surface area contributed by atoms with Gasteiger partial charge in [-0.3, -0.25) is 9.59 Å². The third-order valence-electron chi connectivity index (χ3n) is 4.75. The van der Waals surface area contributed by atoms with Gasteiger partial charge in [-0.05, 0) is 17.2 Å². The minimum absolute atomic E-state index is 0.180. The number of hydrogen-bond acceptors (Lipinski definition) is 3. The third kappa shape index (κ3) is 3.45. The molecule has 0 aliphatic heterocycles. The predicted molar refractivity (Wildman–Crippen MR) is 108 cm³/mol. The standard InChI is InChI=1S/C24H18O4/c25-20-15-21(28-24-18(14-22(26)27)12-7-13-19(20)24)23(16-8-3-1-4-9-16)17-10-5-2-6-11-17/h1-13,15,23H,14H2,(H,26,27). The highest BCUT2D eigenvalue weighted by Gasteiger charge is 2.21. The van der Waals surface area contributed by atoms with Gasteiger partial charge in [-0.25, -0.2) is 0 Å². The number of hydrogen-bond donors (Lipinski definition) is 1. The number of carbonyl (C=O) groups is 1. The first kappa shape index (κ1) is 17.7. The molecule has 0 fully saturated rings. The highest BCUT2D eigenvalue weighted by Crippen LogP contribution is 2.33. The molecule has 0 spiro atoms. The quantitative estimate of drug-likeness (QED) is 0.557. The molecule has 0 aliphatic rings. The van der Waals surface area contributed by atoms with E-state index in [4.69, 9.17) is 4.42 Å². The summed E-state index contributed by atoms with van der Waals surface area (Å²) in [4.78, 5) is 24.0. The van der Waals surface area contributed by atoms with Gasteiger partial charge in [-0.15, -0.1) is 0 Å². The molecule has 0 bridgehead atoms. The Morgan fingerprint density at radius 2 is 1.46 bits per heavy atom. The molecule has 0 saturated heterocycles. The van der Waals surface area contributed by atoms with Crippen molar-refractivity contribution in [1.82, 2.24) is 0 Å². The molecule has 1 heterocycles. The summed E-state index contributed by atoms with van der Waals surface area (Å²) in [7, 11) is 0. The van der Waals surface area contributed by atoms with Crippen molar-refractivity contribution in [3.63, 3.8) is 0 Å². The van der Waals surface area contributed by atoms with Crippen LogP contribution in [0.2, 0.25) is 0 Å². The average Bonchev–Trinajstić information content (AvgIpc) is 2.70. The highest BCUT2D eigenvalue weighted by molar-refractivity contribution is 5.84. The summed E-state index contributed by atoms with van der Waals surface area (Å²) in [5.41, 5.74) is 2.63. The van der Waals surface area contributed by atoms with Crippen LogP contribution in [0.4, 0.5) is 0 Å². The molecule has 0 aliphatic carbocycles. The first-order valence-electron chi connectivity index (χ1n) is 9.01. The monoisotopic (exact) mass is 370 g/mol. The van der Waals surface area contributed by atoms with Crippen LogP contribution in [-0.2, 0) is 11.2 Å². The van der Waals surface area contributed by atoms with Gasteiger partial charge in [0.2, 0.25) is 0 Å². The van der Waals surface area contributed by atoms with E-state index in [0.717, 1.165) is 11.1 Å². The maximum atomic E-state index is 12.8. The summed E-state index contributed by atoms with van der Waals surface area (Å²) >= 11 is 0. The van der Waals surface area contributed by atoms with Gasteiger partial charge in [-0.2, -0.15) is 0 Å². The lowest BCUT2D eigenvalue weighted by Crippen LogP contribution is -2.10. The zero-order valence-electron chi connectivity index (χ0n) is 15.0. The van der Waals surface area contributed by atoms with Gasteiger partial charge in [0, 0.05) is 11.6 Å². The zero-order chi connectivity index (χ0) is 19.5. The Hall–Kier alpha value is -3.66. The van der Waals surface area contributed by atoms with Crippen LogP contribution in [0.3, 0.4) is 0 Å². The van der Waals surface area contributed by atoms with E-state index >= 15 is 0 Å². The SMILES string of the molecule is O=C(O)Cc1cccc2c(=O)cc(C(c3ccccc3)c3ccccc3)oc12. The van der Waals surface area contributed by atoms with Gasteiger partial charge >= 0.3 is 5.97 Å². The fourth-order valence-electron chi connectivity index (χ4n) is 3.51. The van der Waals surface area contributed by atoms with Crippen molar-refractivity contribution in [2.75, 3.05) is 0 Å². The summed E-state index contributed by atoms with van der Waals surface area (Å²) in [5, 5.41) is 9.60. The summed E-state index contributed by atoms with van der Waals surface area (Å²) in [6.45, 7) is 0. The highest BCUT2D eigenvalue weighted by atomic mass is 16.4. The van der Waals surface area contributed by atoms with Crippen molar-refractivity contribution in [1.29, 1.82) is 0 Å². The Balaban J connectivity index is 1.96. The van der Waals surface area contributed by atoms with Crippen LogP contribution < -0.4 is 5.43 Å². The van der Waals surface area contributed by atoms with Crippen LogP contribution in [0.25, 0.3) is 11.0 Å². The van der Waals surface area contributed by atoms with E-state index in [1.54, 1.807) is 18.2 Å². The molecule has 1 N–H and O–H groups in total. The molecule has 0 amide bonds. The molecule has 4 aromatic rings. The number of fused-ring (bicyclic) bond motifs is 1. The van der Waals surface area contributed by atoms with Crippen LogP contribution in [0, 0.1) is 0 Å². The maximum absolute atomic E-state index is 12.8. The van der Waals surface area contributed by atoms with Crippen molar-refractivity contribution < 1.29 is 14.3 Å². The summed E-state index contributed by atoms with van der Waals surface area (Å²) in [6, 6.07) is 26.2. The van der Waals surface area contributed by atoms with Gasteiger partial charge in [0.1, 0.15) is 11.3 Å². The first-order chi connectivity index (χ1) is 13.6. The minimum Gasteiger partial charge on any atom is -0.481 e. The second-order valence-corrected chi connectivity index (χ2v) is 6.63. The van der Waals surface area contributed by atoms with Crippen LogP contribution >= 0.6 is 0 Å². The van der Waals surface area contributed by atoms with E-state index in [9.17, 15) is 14.7 Å². The molecule has 0 saturated carbocycles. The number of rotatable bonds is 5. The molecule has 0 atom stereocenters. The zero-order valence-corrected chi connectivity index (χ0v) is 15.0. The van der Waals surface area contributed by atoms with E-state index in [0.29, 0.717) is 22.3 Å². The second kappa shape index (κ2) is 7.53. The van der Waals surface area contributed by atoms with Gasteiger partial charge in [-0.1, -0.05) is 72.8 Å². The lowest BCUT2D eigenvalue weighted by molar-refractivity contribution is -0.136. The smallest absolute Gasteiger partial charge is 0.307 e. The van der Waals surface area contributed by atoms with E-state index < -0.39 is 5.97 Å². The Bertz CT molecular complexity index is 1140. The normalized spacial score (nSPS) is 11.0. The number of carboxylic acids is 1. The van der Waals surface area contributed by atoms with E-state index in [-0.39, 0.29) is 17.8 Å². The second-order valence-electron chi connectivity index (χ2n) is 6.63. The summed E-state index contributed by atoms with van der Waals surface area (Å²) < 4.78 is 6.18. The molecule has 28 heavy (non-hydrogen) atoms. The van der Waals surface area contributed by atoms with E-state index in [1.807, 2.05) is 60.7 Å². The van der Waals surface area contributed by atoms with Crippen LogP contribution in [0.15, 0.2) is 94.1 Å². The van der Waals surface area contributed by atoms with Crippen molar-refractivity contribution in [3.05, 3.63) is 118 Å². The van der Waals surface area contributed by atoms with Crippen molar-refractivity contribution >= 4 is 16.9 Å². The molecule has 138 valence electrons. The van der Waals surface area contributed by atoms with Crippen molar-refractivity contribution in [2.24, 2.45) is 0 Å². The Labute approximate surface area is 161 Å². The predicted octanol–water partition coefficient (Wildman–Crippen LogP) is 4.60. The maximum Gasteiger partial charge on any atom is 0.307 e. The number of aliphatic carboxylic acids is 1. The lowest BCUT2D eigenvalue weighted by Gasteiger charge is -2.18. The fraction of sp³-hybridized carbons (Fsp3) is 0.0833. The van der Waals surface area contributed by atoms with Gasteiger partial charge in [0.05, 0.1) is 17.7 Å². The molecule has 3 aromatic carbocycles. The van der Waals surface area contributed by atoms with Gasteiger partial charge in [0.15, 0.2) is 5.43 Å². The number of carboxylic acid groups (broad SMARTS) is 1. The molecular formula is C24H18O4. The summed E-state index contributed by atoms with van der Waals surface area (Å²) in [5.74, 6) is -0.742. The average molecular weight is 370 g/mol. The molecule has 4 rings (SSSR count). The Morgan fingerprint density at radius 1 is 0.857 bits per heavy atom. The Kier molecular flexibility index (Phi) is 4.77. The van der Waals surface area contributed by atoms with Gasteiger partial charge in [0.25, 0.3) is 0 Å². The molecule has 4 nitrogen and oxygen atoms in total. The lowest BCUT2D eigenvalue weighted by atomic mass is 9.88. The fourth-order valence-corrected chi connectivity index (χ4v) is 3.51. The van der Waals surface area contributed by atoms with Crippen LogP contribution in [0.5, 0.6) is 0 Å². The Morgan fingerprint density at radius 3 is 2.04 bits per heavy atom. The molecular weight excluding hydrogens is 352 g/mol. The van der Waals surface area contributed by atoms with Crippen molar-refractivity contribution in [2.45, 2.75) is 12.3 Å². The van der Waals surface area contributed by atoms with Crippen LogP contribution in [0.1, 0.15) is 28.4 Å². The molecule has 1 aromatic heterocycles. The van der Waals surface area contributed by atoms with E-state index in [2.05, 4.69) is 0 Å². The molecule has 4 heteroatoms. The molecule has 0 unspecified atom stereocenters. The van der Waals surface area contributed by atoms with E-state index in [1.165, 1.54) is 6.07 Å². The number of benzene rings is 3. The minimum atomic E-state index is -0.969. The number of para-hydroxylation sites is 1. The topological polar surface area (TPSA) is 67.5 Å². The van der Waals surface area contributed by atoms with Crippen LogP contribution in [-0.4, -0.2) is 11.1 Å². The third-order valence-corrected chi connectivity index (χ3v) is 4.75. The largest absolute Gasteiger partial charge is 0.481 e. The first-order valence-corrected chi connectivity index (χ1v) is 9.01. The van der Waals surface area contributed by atoms with Crippen molar-refractivity contribution in [3.8, 4) is 0 Å². The van der Waals surface area contributed by atoms with Gasteiger partial charge < -0.3 is 9.52 Å².